The molecule has 0 spiro atoms. The van der Waals surface area contributed by atoms with Crippen LogP contribution in [0.1, 0.15) is 11.3 Å². The summed E-state index contributed by atoms with van der Waals surface area (Å²) in [5, 5.41) is 0.752. The third-order valence-corrected chi connectivity index (χ3v) is 2.62. The molecular weight excluding hydrogens is 275 g/mol. The molecule has 2 nitrogen and oxygen atoms in total. The molecule has 2 rings (SSSR count). The van der Waals surface area contributed by atoms with Crippen molar-refractivity contribution in [2.75, 3.05) is 0 Å². The summed E-state index contributed by atoms with van der Waals surface area (Å²) in [7, 11) is 0. The van der Waals surface area contributed by atoms with Crippen LogP contribution in [0.4, 0.5) is 0 Å². The Morgan fingerprint density at radius 2 is 1.87 bits per heavy atom. The van der Waals surface area contributed by atoms with Crippen LogP contribution >= 0.6 is 27.5 Å². The minimum Gasteiger partial charge on any atom is -0.231 e. The molecule has 1 heterocycles. The van der Waals surface area contributed by atoms with Gasteiger partial charge in [-0.15, -0.1) is 0 Å². The van der Waals surface area contributed by atoms with E-state index in [1.807, 2.05) is 30.3 Å². The Morgan fingerprint density at radius 1 is 1.13 bits per heavy atom. The summed E-state index contributed by atoms with van der Waals surface area (Å²) >= 11 is 9.05. The molecule has 1 aromatic carbocycles. The van der Waals surface area contributed by atoms with Gasteiger partial charge in [-0.1, -0.05) is 23.7 Å². The number of benzene rings is 1. The van der Waals surface area contributed by atoms with Crippen molar-refractivity contribution in [3.05, 3.63) is 57.5 Å². The highest BCUT2D eigenvalue weighted by atomic mass is 79.9. The molecule has 0 atom stereocenters. The Labute approximate surface area is 101 Å². The van der Waals surface area contributed by atoms with Crippen molar-refractivity contribution in [2.45, 2.75) is 6.42 Å². The average Bonchev–Trinajstić information content (AvgIpc) is 2.22. The molecule has 0 radical (unpaired) electrons. The molecule has 0 bridgehead atoms. The Bertz CT molecular complexity index is 456. The first kappa shape index (κ1) is 10.6. The van der Waals surface area contributed by atoms with E-state index in [0.29, 0.717) is 4.73 Å². The number of hydrogen-bond acceptors (Lipinski definition) is 2. The summed E-state index contributed by atoms with van der Waals surface area (Å²) in [6.07, 6.45) is 2.53. The maximum absolute atomic E-state index is 5.81. The molecule has 0 amide bonds. The van der Waals surface area contributed by atoms with Gasteiger partial charge in [0.2, 0.25) is 0 Å². The molecule has 76 valence electrons. The van der Waals surface area contributed by atoms with Crippen LogP contribution in [0.5, 0.6) is 0 Å². The molecule has 0 N–H and O–H groups in total. The highest BCUT2D eigenvalue weighted by Gasteiger charge is 1.99. The van der Waals surface area contributed by atoms with Gasteiger partial charge in [0.05, 0.1) is 0 Å². The first-order valence-corrected chi connectivity index (χ1v) is 5.63. The van der Waals surface area contributed by atoms with E-state index < -0.39 is 0 Å². The number of halogens is 2. The van der Waals surface area contributed by atoms with E-state index in [1.165, 1.54) is 5.56 Å². The van der Waals surface area contributed by atoms with Gasteiger partial charge in [0.25, 0.3) is 0 Å². The molecule has 0 aliphatic heterocycles. The van der Waals surface area contributed by atoms with Crippen LogP contribution in [-0.4, -0.2) is 9.97 Å². The van der Waals surface area contributed by atoms with Crippen LogP contribution in [-0.2, 0) is 6.42 Å². The van der Waals surface area contributed by atoms with Crippen molar-refractivity contribution in [1.29, 1.82) is 0 Å². The van der Waals surface area contributed by atoms with E-state index in [1.54, 1.807) is 6.20 Å². The van der Waals surface area contributed by atoms with Gasteiger partial charge >= 0.3 is 0 Å². The molecule has 0 saturated heterocycles. The second-order valence-corrected chi connectivity index (χ2v) is 4.27. The molecule has 2 aromatic rings. The van der Waals surface area contributed by atoms with Crippen LogP contribution in [0.3, 0.4) is 0 Å². The predicted molar refractivity (Wildman–Crippen MR) is 64.0 cm³/mol. The van der Waals surface area contributed by atoms with Gasteiger partial charge in [-0.25, -0.2) is 9.97 Å². The number of hydrogen-bond donors (Lipinski definition) is 0. The van der Waals surface area contributed by atoms with Crippen LogP contribution < -0.4 is 0 Å². The van der Waals surface area contributed by atoms with Gasteiger partial charge in [-0.05, 0) is 39.7 Å². The van der Waals surface area contributed by atoms with Crippen LogP contribution in [0, 0.1) is 0 Å². The second kappa shape index (κ2) is 4.73. The van der Waals surface area contributed by atoms with Crippen molar-refractivity contribution >= 4 is 27.5 Å². The fourth-order valence-electron chi connectivity index (χ4n) is 1.28. The second-order valence-electron chi connectivity index (χ2n) is 3.12. The zero-order valence-electron chi connectivity index (χ0n) is 7.82. The molecular formula is C11H8BrClN2. The van der Waals surface area contributed by atoms with Gasteiger partial charge in [0.1, 0.15) is 0 Å². The molecule has 0 fully saturated rings. The lowest BCUT2D eigenvalue weighted by atomic mass is 10.1. The van der Waals surface area contributed by atoms with E-state index in [9.17, 15) is 0 Å². The van der Waals surface area contributed by atoms with Gasteiger partial charge < -0.3 is 0 Å². The molecule has 4 heteroatoms. The molecule has 15 heavy (non-hydrogen) atoms. The minimum atomic E-state index is 0.619. The molecule has 0 saturated carbocycles. The summed E-state index contributed by atoms with van der Waals surface area (Å²) < 4.78 is 0.619. The van der Waals surface area contributed by atoms with E-state index >= 15 is 0 Å². The Hall–Kier alpha value is -0.930. The summed E-state index contributed by atoms with van der Waals surface area (Å²) in [6.45, 7) is 0. The maximum Gasteiger partial charge on any atom is 0.196 e. The zero-order chi connectivity index (χ0) is 10.7. The quantitative estimate of drug-likeness (QED) is 0.789. The number of nitrogens with zero attached hydrogens (tertiary/aromatic N) is 2. The molecule has 0 aliphatic carbocycles. The Morgan fingerprint density at radius 3 is 2.53 bits per heavy atom. The lowest BCUT2D eigenvalue weighted by Gasteiger charge is -2.01. The van der Waals surface area contributed by atoms with Gasteiger partial charge in [0.15, 0.2) is 4.73 Å². The molecule has 0 aliphatic rings. The maximum atomic E-state index is 5.81. The third-order valence-electron chi connectivity index (χ3n) is 1.98. The van der Waals surface area contributed by atoms with E-state index in [-0.39, 0.29) is 0 Å². The van der Waals surface area contributed by atoms with Gasteiger partial charge in [0, 0.05) is 23.3 Å². The topological polar surface area (TPSA) is 25.8 Å². The third kappa shape index (κ3) is 3.01. The van der Waals surface area contributed by atoms with E-state index in [0.717, 1.165) is 17.1 Å². The minimum absolute atomic E-state index is 0.619. The van der Waals surface area contributed by atoms with Crippen LogP contribution in [0.15, 0.2) is 41.3 Å². The van der Waals surface area contributed by atoms with Crippen molar-refractivity contribution in [3.8, 4) is 0 Å². The largest absolute Gasteiger partial charge is 0.231 e. The standard InChI is InChI=1S/C11H8BrClN2/c12-11-14-6-5-10(15-11)7-8-1-3-9(13)4-2-8/h1-6H,7H2. The number of aromatic nitrogens is 2. The Kier molecular flexibility index (Phi) is 3.34. The first-order valence-electron chi connectivity index (χ1n) is 4.46. The van der Waals surface area contributed by atoms with E-state index in [4.69, 9.17) is 11.6 Å². The summed E-state index contributed by atoms with van der Waals surface area (Å²) in [4.78, 5) is 8.24. The average molecular weight is 284 g/mol. The Balaban J connectivity index is 2.18. The normalized spacial score (nSPS) is 10.3. The summed E-state index contributed by atoms with van der Waals surface area (Å²) in [5.41, 5.74) is 2.17. The SMILES string of the molecule is Clc1ccc(Cc2ccnc(Br)n2)cc1. The summed E-state index contributed by atoms with van der Waals surface area (Å²) in [6, 6.07) is 9.66. The highest BCUT2D eigenvalue weighted by Crippen LogP contribution is 2.13. The van der Waals surface area contributed by atoms with Crippen molar-refractivity contribution in [3.63, 3.8) is 0 Å². The lowest BCUT2D eigenvalue weighted by Crippen LogP contribution is -1.93. The predicted octanol–water partition coefficient (Wildman–Crippen LogP) is 3.48. The van der Waals surface area contributed by atoms with E-state index in [2.05, 4.69) is 25.9 Å². The zero-order valence-corrected chi connectivity index (χ0v) is 10.2. The van der Waals surface area contributed by atoms with Crippen molar-refractivity contribution in [1.82, 2.24) is 9.97 Å². The monoisotopic (exact) mass is 282 g/mol. The molecule has 0 unspecified atom stereocenters. The highest BCUT2D eigenvalue weighted by molar-refractivity contribution is 9.10. The van der Waals surface area contributed by atoms with Crippen LogP contribution in [0.25, 0.3) is 0 Å². The fraction of sp³-hybridized carbons (Fsp3) is 0.0909. The van der Waals surface area contributed by atoms with Gasteiger partial charge in [-0.2, -0.15) is 0 Å². The van der Waals surface area contributed by atoms with Crippen molar-refractivity contribution in [2.24, 2.45) is 0 Å². The van der Waals surface area contributed by atoms with Crippen molar-refractivity contribution < 1.29 is 0 Å². The lowest BCUT2D eigenvalue weighted by molar-refractivity contribution is 0.997. The number of rotatable bonds is 2. The first-order chi connectivity index (χ1) is 7.24. The summed E-state index contributed by atoms with van der Waals surface area (Å²) in [5.74, 6) is 0. The smallest absolute Gasteiger partial charge is 0.196 e. The van der Waals surface area contributed by atoms with Crippen LogP contribution in [0.2, 0.25) is 5.02 Å². The van der Waals surface area contributed by atoms with Gasteiger partial charge in [-0.3, -0.25) is 0 Å². The fourth-order valence-corrected chi connectivity index (χ4v) is 1.75. The molecule has 1 aromatic heterocycles.